The van der Waals surface area contributed by atoms with Crippen LogP contribution in [0.3, 0.4) is 0 Å². The van der Waals surface area contributed by atoms with E-state index in [4.69, 9.17) is 0 Å². The van der Waals surface area contributed by atoms with Gasteiger partial charge in [-0.15, -0.1) is 4.91 Å². The average Bonchev–Trinajstić information content (AvgIpc) is 2.39. The fourth-order valence-corrected chi connectivity index (χ4v) is 1.72. The Hall–Kier alpha value is -2.70. The van der Waals surface area contributed by atoms with Crippen molar-refractivity contribution in [3.05, 3.63) is 61.6 Å². The maximum Gasteiger partial charge on any atom is 0.331 e. The molecular weight excluding hydrogens is 250 g/mol. The zero-order valence-electron chi connectivity index (χ0n) is 9.87. The van der Waals surface area contributed by atoms with Gasteiger partial charge < -0.3 is 5.11 Å². The smallest absolute Gasteiger partial charge is 0.331 e. The highest BCUT2D eigenvalue weighted by atomic mass is 16.3. The summed E-state index contributed by atoms with van der Waals surface area (Å²) in [6.07, 6.45) is 0.471. The van der Waals surface area contributed by atoms with Gasteiger partial charge in [-0.1, -0.05) is 30.3 Å². The van der Waals surface area contributed by atoms with E-state index in [1.165, 1.54) is 0 Å². The summed E-state index contributed by atoms with van der Waals surface area (Å²) in [4.78, 5) is 35.1. The lowest BCUT2D eigenvalue weighted by atomic mass is 10.1. The van der Waals surface area contributed by atoms with E-state index in [9.17, 15) is 19.6 Å². The van der Waals surface area contributed by atoms with Gasteiger partial charge in [-0.3, -0.25) is 14.3 Å². The molecule has 0 aliphatic rings. The first-order chi connectivity index (χ1) is 9.13. The molecule has 7 nitrogen and oxygen atoms in total. The topological polar surface area (TPSA) is 105 Å². The SMILES string of the molecule is O=Nc1c(O)n(CCc2ccccc2)c(=O)[nH]c1=O. The lowest BCUT2D eigenvalue weighted by Gasteiger charge is -2.08. The largest absolute Gasteiger partial charge is 0.493 e. The molecule has 0 spiro atoms. The number of aromatic amines is 1. The Morgan fingerprint density at radius 3 is 2.53 bits per heavy atom. The maximum absolute atomic E-state index is 11.6. The molecule has 0 aliphatic heterocycles. The molecule has 0 unspecified atom stereocenters. The lowest BCUT2D eigenvalue weighted by molar-refractivity contribution is 0.402. The third-order valence-electron chi connectivity index (χ3n) is 2.71. The van der Waals surface area contributed by atoms with Crippen LogP contribution in [0.15, 0.2) is 45.1 Å². The monoisotopic (exact) mass is 261 g/mol. The Labute approximate surface area is 107 Å². The average molecular weight is 261 g/mol. The van der Waals surface area contributed by atoms with Crippen LogP contribution in [0.1, 0.15) is 5.56 Å². The lowest BCUT2D eigenvalue weighted by Crippen LogP contribution is -2.30. The van der Waals surface area contributed by atoms with Crippen molar-refractivity contribution in [1.29, 1.82) is 0 Å². The summed E-state index contributed by atoms with van der Waals surface area (Å²) in [5, 5.41) is 12.1. The van der Waals surface area contributed by atoms with Crippen LogP contribution in [0.5, 0.6) is 5.88 Å². The number of hydrogen-bond acceptors (Lipinski definition) is 5. The quantitative estimate of drug-likeness (QED) is 0.797. The van der Waals surface area contributed by atoms with Crippen LogP contribution in [-0.4, -0.2) is 14.7 Å². The predicted molar refractivity (Wildman–Crippen MR) is 68.6 cm³/mol. The van der Waals surface area contributed by atoms with E-state index >= 15 is 0 Å². The van der Waals surface area contributed by atoms with Gasteiger partial charge in [0.15, 0.2) is 0 Å². The van der Waals surface area contributed by atoms with E-state index in [0.29, 0.717) is 6.42 Å². The van der Waals surface area contributed by atoms with Crippen molar-refractivity contribution in [2.45, 2.75) is 13.0 Å². The van der Waals surface area contributed by atoms with Gasteiger partial charge in [0.1, 0.15) is 0 Å². The van der Waals surface area contributed by atoms with E-state index in [2.05, 4.69) is 5.18 Å². The fraction of sp³-hybridized carbons (Fsp3) is 0.167. The van der Waals surface area contributed by atoms with Crippen molar-refractivity contribution < 1.29 is 5.11 Å². The molecule has 0 radical (unpaired) electrons. The molecule has 0 fully saturated rings. The molecule has 19 heavy (non-hydrogen) atoms. The zero-order chi connectivity index (χ0) is 13.8. The number of rotatable bonds is 4. The van der Waals surface area contributed by atoms with Crippen LogP contribution >= 0.6 is 0 Å². The third kappa shape index (κ3) is 2.59. The Kier molecular flexibility index (Phi) is 3.56. The minimum absolute atomic E-state index is 0.133. The Balaban J connectivity index is 2.33. The number of aryl methyl sites for hydroxylation is 1. The van der Waals surface area contributed by atoms with Crippen LogP contribution in [0, 0.1) is 4.91 Å². The maximum atomic E-state index is 11.6. The molecule has 0 bridgehead atoms. The number of aromatic hydroxyl groups is 1. The zero-order valence-corrected chi connectivity index (χ0v) is 9.87. The molecule has 0 saturated carbocycles. The molecule has 0 aliphatic carbocycles. The predicted octanol–water partition coefficient (Wildman–Crippen LogP) is 0.883. The van der Waals surface area contributed by atoms with Gasteiger partial charge in [-0.25, -0.2) is 4.79 Å². The van der Waals surface area contributed by atoms with E-state index in [1.54, 1.807) is 0 Å². The molecule has 7 heteroatoms. The highest BCUT2D eigenvalue weighted by Crippen LogP contribution is 2.18. The number of nitroso groups, excluding NO2 is 1. The summed E-state index contributed by atoms with van der Waals surface area (Å²) in [5.41, 5.74) is -1.49. The second-order valence-corrected chi connectivity index (χ2v) is 3.91. The summed E-state index contributed by atoms with van der Waals surface area (Å²) in [6, 6.07) is 9.30. The summed E-state index contributed by atoms with van der Waals surface area (Å²) < 4.78 is 0.908. The van der Waals surface area contributed by atoms with Crippen molar-refractivity contribution in [3.63, 3.8) is 0 Å². The molecule has 98 valence electrons. The number of benzene rings is 1. The van der Waals surface area contributed by atoms with E-state index in [0.717, 1.165) is 10.1 Å². The number of nitrogens with zero attached hydrogens (tertiary/aromatic N) is 2. The van der Waals surface area contributed by atoms with Crippen molar-refractivity contribution in [3.8, 4) is 5.88 Å². The molecule has 2 aromatic rings. The molecule has 1 aromatic heterocycles. The molecule has 1 heterocycles. The Morgan fingerprint density at radius 2 is 1.89 bits per heavy atom. The van der Waals surface area contributed by atoms with Crippen molar-refractivity contribution in [2.24, 2.45) is 5.18 Å². The number of aromatic nitrogens is 2. The molecule has 0 amide bonds. The summed E-state index contributed by atoms with van der Waals surface area (Å²) in [7, 11) is 0. The third-order valence-corrected chi connectivity index (χ3v) is 2.71. The minimum atomic E-state index is -0.992. The van der Waals surface area contributed by atoms with Gasteiger partial charge in [0, 0.05) is 6.54 Å². The minimum Gasteiger partial charge on any atom is -0.493 e. The van der Waals surface area contributed by atoms with Gasteiger partial charge >= 0.3 is 5.69 Å². The van der Waals surface area contributed by atoms with Crippen LogP contribution < -0.4 is 11.2 Å². The molecule has 2 N–H and O–H groups in total. The second-order valence-electron chi connectivity index (χ2n) is 3.91. The van der Waals surface area contributed by atoms with E-state index < -0.39 is 22.8 Å². The highest BCUT2D eigenvalue weighted by Gasteiger charge is 2.14. The first-order valence-electron chi connectivity index (χ1n) is 5.57. The second kappa shape index (κ2) is 5.30. The van der Waals surface area contributed by atoms with Gasteiger partial charge in [-0.2, -0.15) is 0 Å². The van der Waals surface area contributed by atoms with Crippen LogP contribution in [0.2, 0.25) is 0 Å². The molecule has 2 rings (SSSR count). The van der Waals surface area contributed by atoms with Crippen LogP contribution in [0.25, 0.3) is 0 Å². The summed E-state index contributed by atoms with van der Waals surface area (Å²) in [6.45, 7) is 0.133. The normalized spacial score (nSPS) is 10.3. The van der Waals surface area contributed by atoms with E-state index in [1.807, 2.05) is 35.3 Å². The Bertz CT molecular complexity index is 703. The standard InChI is InChI=1S/C12H11N3O4/c16-10-9(14-19)11(17)15(12(18)13-10)7-6-8-4-2-1-3-5-8/h1-5,17H,6-7H2,(H,13,16,18). The van der Waals surface area contributed by atoms with Gasteiger partial charge in [0.2, 0.25) is 11.6 Å². The van der Waals surface area contributed by atoms with Gasteiger partial charge in [0.05, 0.1) is 0 Å². The van der Waals surface area contributed by atoms with Gasteiger partial charge in [0.25, 0.3) is 5.56 Å². The van der Waals surface area contributed by atoms with E-state index in [-0.39, 0.29) is 6.54 Å². The number of hydrogen-bond donors (Lipinski definition) is 2. The molecular formula is C12H11N3O4. The van der Waals surface area contributed by atoms with Gasteiger partial charge in [-0.05, 0) is 17.2 Å². The highest BCUT2D eigenvalue weighted by molar-refractivity contribution is 5.43. The van der Waals surface area contributed by atoms with Crippen molar-refractivity contribution in [2.75, 3.05) is 0 Å². The van der Waals surface area contributed by atoms with Crippen molar-refractivity contribution >= 4 is 5.69 Å². The Morgan fingerprint density at radius 1 is 1.21 bits per heavy atom. The molecule has 0 saturated heterocycles. The number of H-pyrrole nitrogens is 1. The molecule has 0 atom stereocenters. The van der Waals surface area contributed by atoms with Crippen molar-refractivity contribution in [1.82, 2.24) is 9.55 Å². The summed E-state index contributed by atoms with van der Waals surface area (Å²) >= 11 is 0. The van der Waals surface area contributed by atoms with Crippen LogP contribution in [0.4, 0.5) is 5.69 Å². The number of nitrogens with one attached hydrogen (secondary N) is 1. The van der Waals surface area contributed by atoms with Crippen LogP contribution in [-0.2, 0) is 13.0 Å². The summed E-state index contributed by atoms with van der Waals surface area (Å²) in [5.74, 6) is -0.709. The molecule has 1 aromatic carbocycles. The fourth-order valence-electron chi connectivity index (χ4n) is 1.72. The first kappa shape index (κ1) is 12.7. The first-order valence-corrected chi connectivity index (χ1v) is 5.57.